The lowest BCUT2D eigenvalue weighted by atomic mass is 9.95. The smallest absolute Gasteiger partial charge is 0.295 e. The van der Waals surface area contributed by atoms with Crippen LogP contribution in [0.4, 0.5) is 0 Å². The summed E-state index contributed by atoms with van der Waals surface area (Å²) in [5, 5.41) is 11.2. The van der Waals surface area contributed by atoms with E-state index in [2.05, 4.69) is 9.97 Å². The zero-order valence-electron chi connectivity index (χ0n) is 18.3. The van der Waals surface area contributed by atoms with Gasteiger partial charge in [0.1, 0.15) is 17.3 Å². The second-order valence-corrected chi connectivity index (χ2v) is 7.49. The largest absolute Gasteiger partial charge is 0.507 e. The first-order chi connectivity index (χ1) is 16.0. The molecule has 1 aromatic carbocycles. The van der Waals surface area contributed by atoms with E-state index in [1.165, 1.54) is 19.1 Å². The molecule has 2 aromatic heterocycles. The molecule has 3 heterocycles. The number of likely N-dealkylation sites (tertiary alicyclic amines) is 1. The highest BCUT2D eigenvalue weighted by Gasteiger charge is 2.46. The van der Waals surface area contributed by atoms with Crippen molar-refractivity contribution in [3.63, 3.8) is 0 Å². The van der Waals surface area contributed by atoms with Crippen LogP contribution in [0.5, 0.6) is 11.5 Å². The van der Waals surface area contributed by atoms with Gasteiger partial charge in [-0.15, -0.1) is 0 Å². The van der Waals surface area contributed by atoms with Crippen LogP contribution in [-0.4, -0.2) is 57.0 Å². The molecule has 0 unspecified atom stereocenters. The highest BCUT2D eigenvalue weighted by molar-refractivity contribution is 6.46. The molecule has 1 fully saturated rings. The maximum Gasteiger partial charge on any atom is 0.295 e. The van der Waals surface area contributed by atoms with Crippen LogP contribution >= 0.6 is 0 Å². The molecule has 0 saturated carbocycles. The van der Waals surface area contributed by atoms with Crippen molar-refractivity contribution < 1.29 is 24.2 Å². The van der Waals surface area contributed by atoms with Gasteiger partial charge in [0, 0.05) is 43.9 Å². The Labute approximate surface area is 190 Å². The van der Waals surface area contributed by atoms with Gasteiger partial charge in [-0.05, 0) is 36.2 Å². The number of ether oxygens (including phenoxy) is 2. The van der Waals surface area contributed by atoms with Gasteiger partial charge >= 0.3 is 0 Å². The number of aliphatic hydroxyl groups excluding tert-OH is 1. The van der Waals surface area contributed by atoms with E-state index >= 15 is 0 Å². The highest BCUT2D eigenvalue weighted by Crippen LogP contribution is 2.41. The van der Waals surface area contributed by atoms with Gasteiger partial charge in [0.15, 0.2) is 0 Å². The predicted molar refractivity (Wildman–Crippen MR) is 120 cm³/mol. The fourth-order valence-electron chi connectivity index (χ4n) is 3.98. The quantitative estimate of drug-likeness (QED) is 0.321. The minimum atomic E-state index is -0.748. The third kappa shape index (κ3) is 4.30. The van der Waals surface area contributed by atoms with E-state index in [1.807, 2.05) is 10.8 Å². The van der Waals surface area contributed by atoms with Crippen molar-refractivity contribution in [3.05, 3.63) is 78.1 Å². The van der Waals surface area contributed by atoms with Gasteiger partial charge in [0.05, 0.1) is 37.7 Å². The van der Waals surface area contributed by atoms with Crippen molar-refractivity contribution in [2.45, 2.75) is 19.0 Å². The molecule has 170 valence electrons. The Morgan fingerprint density at radius 3 is 2.48 bits per heavy atom. The lowest BCUT2D eigenvalue weighted by molar-refractivity contribution is -0.139. The van der Waals surface area contributed by atoms with Gasteiger partial charge < -0.3 is 24.0 Å². The number of ketones is 1. The van der Waals surface area contributed by atoms with E-state index in [0.717, 1.165) is 0 Å². The van der Waals surface area contributed by atoms with E-state index in [4.69, 9.17) is 9.47 Å². The average molecular weight is 448 g/mol. The summed E-state index contributed by atoms with van der Waals surface area (Å²) in [4.78, 5) is 35.7. The number of hydrogen-bond acceptors (Lipinski definition) is 7. The summed E-state index contributed by atoms with van der Waals surface area (Å²) in [5.74, 6) is -0.835. The molecule has 0 bridgehead atoms. The summed E-state index contributed by atoms with van der Waals surface area (Å²) in [6, 6.07) is 7.58. The highest BCUT2D eigenvalue weighted by atomic mass is 16.5. The van der Waals surface area contributed by atoms with E-state index in [0.29, 0.717) is 42.1 Å². The third-order valence-electron chi connectivity index (χ3n) is 5.60. The van der Waals surface area contributed by atoms with Crippen molar-refractivity contribution in [2.75, 3.05) is 20.8 Å². The molecule has 1 aliphatic heterocycles. The lowest BCUT2D eigenvalue weighted by Gasteiger charge is -2.25. The number of Topliss-reactive ketones (excluding diaryl/α,β-unsaturated/α-hetero) is 1. The number of aryl methyl sites for hydroxylation is 1. The van der Waals surface area contributed by atoms with Gasteiger partial charge in [-0.25, -0.2) is 4.98 Å². The number of imidazole rings is 1. The first-order valence-corrected chi connectivity index (χ1v) is 10.4. The second kappa shape index (κ2) is 9.56. The molecule has 1 aliphatic rings. The summed E-state index contributed by atoms with van der Waals surface area (Å²) in [6.45, 7) is 0.963. The zero-order chi connectivity index (χ0) is 23.4. The molecular weight excluding hydrogens is 424 g/mol. The second-order valence-electron chi connectivity index (χ2n) is 7.49. The predicted octanol–water partition coefficient (Wildman–Crippen LogP) is 2.81. The molecule has 3 aromatic rings. The van der Waals surface area contributed by atoms with Crippen molar-refractivity contribution in [2.24, 2.45) is 0 Å². The van der Waals surface area contributed by atoms with Crippen LogP contribution in [0.3, 0.4) is 0 Å². The monoisotopic (exact) mass is 448 g/mol. The number of methoxy groups -OCH3 is 2. The van der Waals surface area contributed by atoms with Gasteiger partial charge in [0.25, 0.3) is 11.7 Å². The third-order valence-corrected chi connectivity index (χ3v) is 5.60. The Morgan fingerprint density at radius 1 is 1.03 bits per heavy atom. The van der Waals surface area contributed by atoms with Crippen LogP contribution in [0.1, 0.15) is 23.6 Å². The fourth-order valence-corrected chi connectivity index (χ4v) is 3.98. The molecule has 1 N–H and O–H groups in total. The Morgan fingerprint density at radius 2 is 1.82 bits per heavy atom. The number of carbonyl (C=O) groups excluding carboxylic acids is 2. The fraction of sp³-hybridized carbons (Fsp3) is 0.250. The summed E-state index contributed by atoms with van der Waals surface area (Å²) >= 11 is 0. The van der Waals surface area contributed by atoms with Gasteiger partial charge in [-0.2, -0.15) is 0 Å². The Kier molecular flexibility index (Phi) is 6.39. The Bertz CT molecular complexity index is 1170. The van der Waals surface area contributed by atoms with E-state index in [1.54, 1.807) is 55.2 Å². The number of carbonyl (C=O) groups is 2. The molecular formula is C24H24N4O5. The average Bonchev–Trinajstić information content (AvgIpc) is 3.46. The molecule has 1 amide bonds. The number of aliphatic hydroxyl groups is 1. The molecule has 0 spiro atoms. The maximum atomic E-state index is 13.1. The first-order valence-electron chi connectivity index (χ1n) is 10.4. The molecule has 0 aliphatic carbocycles. The minimum Gasteiger partial charge on any atom is -0.507 e. The van der Waals surface area contributed by atoms with Crippen LogP contribution in [0.2, 0.25) is 0 Å². The van der Waals surface area contributed by atoms with Crippen molar-refractivity contribution in [3.8, 4) is 11.5 Å². The summed E-state index contributed by atoms with van der Waals surface area (Å²) in [5.41, 5.74) is 0.993. The SMILES string of the molecule is COc1ccc(C(O)=C2C(=O)C(=O)N(CCCn3ccnc3)[C@H]2c2ccncc2)c(OC)c1. The Balaban J connectivity index is 1.75. The summed E-state index contributed by atoms with van der Waals surface area (Å²) in [7, 11) is 2.98. The zero-order valence-corrected chi connectivity index (χ0v) is 18.3. The van der Waals surface area contributed by atoms with Gasteiger partial charge in [-0.1, -0.05) is 0 Å². The normalized spacial score (nSPS) is 17.4. The number of nitrogens with zero attached hydrogens (tertiary/aromatic N) is 4. The van der Waals surface area contributed by atoms with E-state index in [9.17, 15) is 14.7 Å². The van der Waals surface area contributed by atoms with E-state index in [-0.39, 0.29) is 11.3 Å². The van der Waals surface area contributed by atoms with Crippen molar-refractivity contribution in [1.29, 1.82) is 0 Å². The van der Waals surface area contributed by atoms with Crippen LogP contribution in [-0.2, 0) is 16.1 Å². The van der Waals surface area contributed by atoms with Crippen LogP contribution in [0.15, 0.2) is 67.0 Å². The number of amides is 1. The number of hydrogen-bond donors (Lipinski definition) is 1. The Hall–Kier alpha value is -4.14. The standard InChI is InChI=1S/C24H24N4O5/c1-32-17-4-5-18(19(14-17)33-2)22(29)20-21(16-6-8-25-9-7-16)28(24(31)23(20)30)12-3-11-27-13-10-26-15-27/h4-10,13-15,21,29H,3,11-12H2,1-2H3/t21-/m0/s1. The number of rotatable bonds is 8. The number of aromatic nitrogens is 3. The number of pyridine rings is 1. The molecule has 9 heteroatoms. The lowest BCUT2D eigenvalue weighted by Crippen LogP contribution is -2.31. The van der Waals surface area contributed by atoms with Crippen LogP contribution in [0.25, 0.3) is 5.76 Å². The van der Waals surface area contributed by atoms with Crippen LogP contribution < -0.4 is 9.47 Å². The molecule has 1 saturated heterocycles. The summed E-state index contributed by atoms with van der Waals surface area (Å²) < 4.78 is 12.5. The van der Waals surface area contributed by atoms with Crippen molar-refractivity contribution in [1.82, 2.24) is 19.4 Å². The van der Waals surface area contributed by atoms with Gasteiger partial charge in [0.2, 0.25) is 0 Å². The van der Waals surface area contributed by atoms with Crippen LogP contribution in [0, 0.1) is 0 Å². The van der Waals surface area contributed by atoms with E-state index < -0.39 is 17.7 Å². The molecule has 33 heavy (non-hydrogen) atoms. The molecule has 1 atom stereocenters. The molecule has 0 radical (unpaired) electrons. The minimum absolute atomic E-state index is 0.0114. The first kappa shape index (κ1) is 22.1. The maximum absolute atomic E-state index is 13.1. The summed E-state index contributed by atoms with van der Waals surface area (Å²) in [6.07, 6.45) is 9.01. The number of benzene rings is 1. The van der Waals surface area contributed by atoms with Gasteiger partial charge in [-0.3, -0.25) is 14.6 Å². The molecule has 9 nitrogen and oxygen atoms in total. The molecule has 4 rings (SSSR count). The van der Waals surface area contributed by atoms with Crippen molar-refractivity contribution >= 4 is 17.4 Å². The topological polar surface area (TPSA) is 107 Å².